The van der Waals surface area contributed by atoms with Gasteiger partial charge in [-0.05, 0) is 37.3 Å². The van der Waals surface area contributed by atoms with E-state index in [0.29, 0.717) is 12.5 Å². The number of nitrogens with zero attached hydrogens (tertiary/aromatic N) is 4. The second-order valence-corrected chi connectivity index (χ2v) is 8.54. The molecule has 7 nitrogen and oxygen atoms in total. The van der Waals surface area contributed by atoms with Crippen LogP contribution in [0.25, 0.3) is 0 Å². The minimum atomic E-state index is -3.02. The van der Waals surface area contributed by atoms with Gasteiger partial charge in [0.05, 0.1) is 19.2 Å². The number of anilines is 1. The van der Waals surface area contributed by atoms with Crippen LogP contribution in [0.5, 0.6) is 0 Å². The van der Waals surface area contributed by atoms with Gasteiger partial charge in [-0.25, -0.2) is 18.7 Å². The van der Waals surface area contributed by atoms with Crippen LogP contribution in [0.15, 0.2) is 42.3 Å². The van der Waals surface area contributed by atoms with E-state index in [9.17, 15) is 13.6 Å². The summed E-state index contributed by atoms with van der Waals surface area (Å²) in [6, 6.07) is 2.48. The van der Waals surface area contributed by atoms with Crippen molar-refractivity contribution in [1.82, 2.24) is 20.2 Å². The Morgan fingerprint density at radius 1 is 1.35 bits per heavy atom. The van der Waals surface area contributed by atoms with E-state index < -0.39 is 36.4 Å². The molecule has 31 heavy (non-hydrogen) atoms. The number of aromatic nitrogens is 2. The normalized spacial score (nSPS) is 27.7. The van der Waals surface area contributed by atoms with Crippen molar-refractivity contribution in [2.24, 2.45) is 5.92 Å². The molecule has 1 amide bonds. The second kappa shape index (κ2) is 9.52. The van der Waals surface area contributed by atoms with Crippen molar-refractivity contribution < 1.29 is 13.6 Å². The van der Waals surface area contributed by atoms with Crippen molar-refractivity contribution in [3.8, 4) is 6.07 Å². The number of allylic oxidation sites excluding steroid dienone is 2. The summed E-state index contributed by atoms with van der Waals surface area (Å²) in [4.78, 5) is 21.9. The molecular weight excluding hydrogens is 402 g/mol. The number of hydrogen-bond donors (Lipinski definition) is 2. The van der Waals surface area contributed by atoms with Gasteiger partial charge in [0.25, 0.3) is 5.92 Å². The maximum Gasteiger partial charge on any atom is 0.268 e. The van der Waals surface area contributed by atoms with Crippen molar-refractivity contribution in [3.63, 3.8) is 0 Å². The molecule has 0 saturated carbocycles. The molecule has 1 aromatic heterocycles. The molecule has 0 spiro atoms. The third kappa shape index (κ3) is 6.31. The second-order valence-electron chi connectivity index (χ2n) is 8.54. The van der Waals surface area contributed by atoms with Crippen molar-refractivity contribution in [2.75, 3.05) is 25.0 Å². The van der Waals surface area contributed by atoms with Crippen LogP contribution in [-0.2, 0) is 4.79 Å². The van der Waals surface area contributed by atoms with Crippen LogP contribution < -0.4 is 10.6 Å². The summed E-state index contributed by atoms with van der Waals surface area (Å²) in [5, 5.41) is 15.6. The average molecular weight is 431 g/mol. The van der Waals surface area contributed by atoms with Gasteiger partial charge in [0.1, 0.15) is 6.04 Å². The Labute approximate surface area is 181 Å². The largest absolute Gasteiger partial charge is 0.350 e. The molecule has 0 bridgehead atoms. The molecule has 3 rings (SSSR count). The first kappa shape index (κ1) is 22.8. The summed E-state index contributed by atoms with van der Waals surface area (Å²) >= 11 is 0. The number of hydrogen-bond acceptors (Lipinski definition) is 6. The lowest BCUT2D eigenvalue weighted by atomic mass is 9.85. The lowest BCUT2D eigenvalue weighted by Gasteiger charge is -2.33. The Hall–Kier alpha value is -2.86. The SMILES string of the molecule is CC1C=CCC(CNc2ncccn2)=CC(C)(NCC(=O)N2CC(F)(F)C[C@H]2C#N)C1. The molecule has 2 aliphatic rings. The monoisotopic (exact) mass is 430 g/mol. The molecule has 2 heterocycles. The number of nitrogens with one attached hydrogen (secondary N) is 2. The summed E-state index contributed by atoms with van der Waals surface area (Å²) in [6.45, 7) is 3.82. The molecule has 2 unspecified atom stereocenters. The van der Waals surface area contributed by atoms with Gasteiger partial charge in [-0.3, -0.25) is 10.1 Å². The maximum atomic E-state index is 13.7. The summed E-state index contributed by atoms with van der Waals surface area (Å²) < 4.78 is 27.4. The molecular formula is C22H28F2N6O. The predicted octanol–water partition coefficient (Wildman–Crippen LogP) is 2.91. The molecule has 0 radical (unpaired) electrons. The van der Waals surface area contributed by atoms with Gasteiger partial charge in [-0.1, -0.05) is 25.2 Å². The average Bonchev–Trinajstić information content (AvgIpc) is 3.04. The molecule has 1 aliphatic heterocycles. The Bertz CT molecular complexity index is 882. The molecule has 1 aliphatic carbocycles. The zero-order valence-corrected chi connectivity index (χ0v) is 17.8. The first-order chi connectivity index (χ1) is 14.7. The van der Waals surface area contributed by atoms with E-state index in [2.05, 4.69) is 45.8 Å². The summed E-state index contributed by atoms with van der Waals surface area (Å²) in [5.41, 5.74) is 0.583. The quantitative estimate of drug-likeness (QED) is 0.674. The Morgan fingerprint density at radius 2 is 2.10 bits per heavy atom. The molecule has 2 N–H and O–H groups in total. The van der Waals surface area contributed by atoms with Gasteiger partial charge in [0.2, 0.25) is 11.9 Å². The zero-order chi connectivity index (χ0) is 22.5. The van der Waals surface area contributed by atoms with Gasteiger partial charge in [-0.2, -0.15) is 5.26 Å². The van der Waals surface area contributed by atoms with Crippen LogP contribution in [0.2, 0.25) is 0 Å². The number of likely N-dealkylation sites (tertiary alicyclic amines) is 1. The smallest absolute Gasteiger partial charge is 0.268 e. The van der Waals surface area contributed by atoms with Crippen LogP contribution in [0.3, 0.4) is 0 Å². The third-order valence-electron chi connectivity index (χ3n) is 5.54. The van der Waals surface area contributed by atoms with Crippen molar-refractivity contribution in [3.05, 3.63) is 42.3 Å². The third-order valence-corrected chi connectivity index (χ3v) is 5.54. The van der Waals surface area contributed by atoms with E-state index in [0.717, 1.165) is 23.3 Å². The van der Waals surface area contributed by atoms with E-state index in [1.165, 1.54) is 0 Å². The van der Waals surface area contributed by atoms with Gasteiger partial charge in [0, 0.05) is 30.9 Å². The Kier molecular flexibility index (Phi) is 7.01. The highest BCUT2D eigenvalue weighted by molar-refractivity contribution is 5.79. The van der Waals surface area contributed by atoms with E-state index in [1.54, 1.807) is 18.5 Å². The predicted molar refractivity (Wildman–Crippen MR) is 113 cm³/mol. The van der Waals surface area contributed by atoms with Crippen LogP contribution >= 0.6 is 0 Å². The topological polar surface area (TPSA) is 93.9 Å². The number of amides is 1. The first-order valence-electron chi connectivity index (χ1n) is 10.4. The molecule has 9 heteroatoms. The number of halogens is 2. The minimum Gasteiger partial charge on any atom is -0.350 e. The van der Waals surface area contributed by atoms with Gasteiger partial charge in [0.15, 0.2) is 0 Å². The van der Waals surface area contributed by atoms with E-state index in [1.807, 2.05) is 13.0 Å². The number of carbonyl (C=O) groups excluding carboxylic acids is 1. The molecule has 3 atom stereocenters. The van der Waals surface area contributed by atoms with Crippen LogP contribution in [-0.4, -0.2) is 57.9 Å². The van der Waals surface area contributed by atoms with Crippen molar-refractivity contribution >= 4 is 11.9 Å². The molecule has 1 fully saturated rings. The summed E-state index contributed by atoms with van der Waals surface area (Å²) in [6.07, 6.45) is 10.6. The zero-order valence-electron chi connectivity index (χ0n) is 17.8. The van der Waals surface area contributed by atoms with Crippen molar-refractivity contribution in [1.29, 1.82) is 5.26 Å². The standard InChI is InChI=1S/C22H28F2N6O/c1-16-5-3-6-17(13-28-20-26-7-4-8-27-20)10-21(2,9-16)29-14-19(31)30-15-22(23,24)11-18(30)12-25/h3-5,7-8,10,16,18,29H,6,9,11,13-15H2,1-2H3,(H,26,27,28)/t16?,18-,21?/m0/s1. The lowest BCUT2D eigenvalue weighted by Crippen LogP contribution is -2.49. The van der Waals surface area contributed by atoms with Crippen LogP contribution in [0.1, 0.15) is 33.1 Å². The number of alkyl halides is 2. The van der Waals surface area contributed by atoms with Crippen molar-refractivity contribution in [2.45, 2.75) is 50.6 Å². The number of rotatable bonds is 6. The highest BCUT2D eigenvalue weighted by Gasteiger charge is 2.47. The van der Waals surface area contributed by atoms with Crippen LogP contribution in [0.4, 0.5) is 14.7 Å². The highest BCUT2D eigenvalue weighted by atomic mass is 19.3. The Balaban J connectivity index is 1.68. The van der Waals surface area contributed by atoms with E-state index in [-0.39, 0.29) is 12.5 Å². The molecule has 0 aromatic carbocycles. The first-order valence-corrected chi connectivity index (χ1v) is 10.4. The number of nitriles is 1. The molecule has 1 saturated heterocycles. The fourth-order valence-corrected chi connectivity index (χ4v) is 4.16. The van der Waals surface area contributed by atoms with Gasteiger partial charge >= 0.3 is 0 Å². The van der Waals surface area contributed by atoms with Crippen LogP contribution in [0, 0.1) is 17.2 Å². The fourth-order valence-electron chi connectivity index (χ4n) is 4.16. The van der Waals surface area contributed by atoms with E-state index in [4.69, 9.17) is 5.26 Å². The summed E-state index contributed by atoms with van der Waals surface area (Å²) in [5.74, 6) is -2.69. The highest BCUT2D eigenvalue weighted by Crippen LogP contribution is 2.32. The lowest BCUT2D eigenvalue weighted by molar-refractivity contribution is -0.131. The van der Waals surface area contributed by atoms with Gasteiger partial charge in [-0.15, -0.1) is 0 Å². The Morgan fingerprint density at radius 3 is 2.81 bits per heavy atom. The summed E-state index contributed by atoms with van der Waals surface area (Å²) in [7, 11) is 0. The van der Waals surface area contributed by atoms with E-state index >= 15 is 0 Å². The molecule has 1 aromatic rings. The fraction of sp³-hybridized carbons (Fsp3) is 0.545. The maximum absolute atomic E-state index is 13.7. The number of carbonyl (C=O) groups is 1. The van der Waals surface area contributed by atoms with Gasteiger partial charge < -0.3 is 10.2 Å². The molecule has 166 valence electrons. The minimum absolute atomic E-state index is 0.111.